The molecule has 0 saturated carbocycles. The number of rotatable bonds is 4. The van der Waals surface area contributed by atoms with E-state index in [1.807, 2.05) is 0 Å². The first kappa shape index (κ1) is 14.1. The number of alkyl halides is 3. The molecule has 0 aliphatic rings. The van der Waals surface area contributed by atoms with Crippen molar-refractivity contribution in [3.8, 4) is 10.6 Å². The molecule has 0 aromatic carbocycles. The van der Waals surface area contributed by atoms with E-state index in [2.05, 4.69) is 16.5 Å². The molecule has 0 unspecified atom stereocenters. The second kappa shape index (κ2) is 5.75. The first-order valence-electron chi connectivity index (χ1n) is 5.24. The van der Waals surface area contributed by atoms with Gasteiger partial charge in [-0.2, -0.15) is 13.2 Å². The lowest BCUT2D eigenvalue weighted by Gasteiger charge is -2.09. The molecule has 0 radical (unpaired) electrons. The van der Waals surface area contributed by atoms with Crippen LogP contribution in [0.2, 0.25) is 0 Å². The summed E-state index contributed by atoms with van der Waals surface area (Å²) in [5, 5.41) is 1.90. The molecule has 2 aromatic heterocycles. The van der Waals surface area contributed by atoms with Crippen molar-refractivity contribution in [2.24, 2.45) is 0 Å². The molecule has 2 nitrogen and oxygen atoms in total. The quantitative estimate of drug-likeness (QED) is 0.472. The maximum atomic E-state index is 12.8. The zero-order valence-corrected chi connectivity index (χ0v) is 11.3. The number of thiophene rings is 1. The van der Waals surface area contributed by atoms with Crippen LogP contribution in [0.15, 0.2) is 41.4 Å². The summed E-state index contributed by atoms with van der Waals surface area (Å²) in [6.45, 7) is 3.52. The van der Waals surface area contributed by atoms with Crippen molar-refractivity contribution in [3.63, 3.8) is 0 Å². The summed E-state index contributed by atoms with van der Waals surface area (Å²) in [5.41, 5.74) is -0.624. The van der Waals surface area contributed by atoms with Crippen molar-refractivity contribution >= 4 is 23.1 Å². The summed E-state index contributed by atoms with van der Waals surface area (Å²) < 4.78 is 38.4. The zero-order chi connectivity index (χ0) is 13.9. The Morgan fingerprint density at radius 2 is 2.16 bits per heavy atom. The fourth-order valence-electron chi connectivity index (χ4n) is 1.32. The van der Waals surface area contributed by atoms with Gasteiger partial charge >= 0.3 is 6.18 Å². The fraction of sp³-hybridized carbons (Fsp3) is 0.167. The lowest BCUT2D eigenvalue weighted by molar-refractivity contribution is -0.141. The van der Waals surface area contributed by atoms with Crippen LogP contribution in [0.1, 0.15) is 5.69 Å². The normalized spacial score (nSPS) is 11.5. The van der Waals surface area contributed by atoms with Crippen molar-refractivity contribution in [2.45, 2.75) is 11.3 Å². The van der Waals surface area contributed by atoms with Crippen molar-refractivity contribution < 1.29 is 13.2 Å². The first-order chi connectivity index (χ1) is 9.00. The third-order valence-electron chi connectivity index (χ3n) is 2.10. The first-order valence-corrected chi connectivity index (χ1v) is 7.11. The van der Waals surface area contributed by atoms with Crippen LogP contribution in [-0.2, 0) is 6.18 Å². The average Bonchev–Trinajstić information content (AvgIpc) is 2.89. The van der Waals surface area contributed by atoms with Gasteiger partial charge in [-0.15, -0.1) is 17.9 Å². The highest BCUT2D eigenvalue weighted by molar-refractivity contribution is 7.99. The Morgan fingerprint density at radius 1 is 1.37 bits per heavy atom. The smallest absolute Gasteiger partial charge is 0.222 e. The minimum Gasteiger partial charge on any atom is -0.222 e. The third kappa shape index (κ3) is 3.57. The highest BCUT2D eigenvalue weighted by Gasteiger charge is 2.33. The summed E-state index contributed by atoms with van der Waals surface area (Å²) in [6.07, 6.45) is -2.88. The number of hydrogen-bond donors (Lipinski definition) is 0. The second-order valence-electron chi connectivity index (χ2n) is 3.50. The number of thioether (sulfide) groups is 1. The maximum Gasteiger partial charge on any atom is 0.433 e. The minimum atomic E-state index is -4.47. The lowest BCUT2D eigenvalue weighted by atomic mass is 10.3. The second-order valence-corrected chi connectivity index (χ2v) is 5.43. The molecule has 0 spiro atoms. The average molecular weight is 302 g/mol. The van der Waals surface area contributed by atoms with E-state index >= 15 is 0 Å². The number of aromatic nitrogens is 2. The highest BCUT2D eigenvalue weighted by atomic mass is 32.2. The van der Waals surface area contributed by atoms with Gasteiger partial charge in [-0.25, -0.2) is 9.97 Å². The van der Waals surface area contributed by atoms with Gasteiger partial charge in [0.2, 0.25) is 0 Å². The Balaban J connectivity index is 2.45. The minimum absolute atomic E-state index is 0.109. The van der Waals surface area contributed by atoms with Gasteiger partial charge in [-0.05, 0) is 17.5 Å². The molecule has 0 bridgehead atoms. The van der Waals surface area contributed by atoms with E-state index in [4.69, 9.17) is 0 Å². The molecule has 0 amide bonds. The number of hydrogen-bond acceptors (Lipinski definition) is 4. The van der Waals surface area contributed by atoms with E-state index in [0.717, 1.165) is 17.8 Å². The van der Waals surface area contributed by atoms with Gasteiger partial charge < -0.3 is 0 Å². The molecule has 7 heteroatoms. The fourth-order valence-corrected chi connectivity index (χ4v) is 2.60. The van der Waals surface area contributed by atoms with Gasteiger partial charge in [0, 0.05) is 5.75 Å². The van der Waals surface area contributed by atoms with Crippen LogP contribution in [-0.4, -0.2) is 15.7 Å². The Kier molecular flexibility index (Phi) is 4.26. The van der Waals surface area contributed by atoms with Gasteiger partial charge in [0.05, 0.1) is 10.6 Å². The van der Waals surface area contributed by atoms with Crippen LogP contribution in [0.4, 0.5) is 13.2 Å². The van der Waals surface area contributed by atoms with E-state index in [1.165, 1.54) is 11.3 Å². The standard InChI is InChI=1S/C12H9F3N2S2/c1-2-5-19-11-16-8(9-4-3-6-18-9)7-10(17-11)12(13,14)15/h2-4,6-7H,1,5H2. The van der Waals surface area contributed by atoms with Crippen LogP contribution >= 0.6 is 23.1 Å². The van der Waals surface area contributed by atoms with E-state index in [-0.39, 0.29) is 5.16 Å². The number of nitrogens with zero attached hydrogens (tertiary/aromatic N) is 2. The Labute approximate surface area is 116 Å². The molecule has 0 saturated heterocycles. The maximum absolute atomic E-state index is 12.8. The summed E-state index contributed by atoms with van der Waals surface area (Å²) >= 11 is 2.47. The molecule has 0 aliphatic carbocycles. The molecule has 19 heavy (non-hydrogen) atoms. The molecule has 2 rings (SSSR count). The monoisotopic (exact) mass is 302 g/mol. The third-order valence-corrected chi connectivity index (χ3v) is 3.84. The SMILES string of the molecule is C=CCSc1nc(-c2cccs2)cc(C(F)(F)F)n1. The van der Waals surface area contributed by atoms with Crippen LogP contribution in [0.25, 0.3) is 10.6 Å². The summed E-state index contributed by atoms with van der Waals surface area (Å²) in [7, 11) is 0. The topological polar surface area (TPSA) is 25.8 Å². The van der Waals surface area contributed by atoms with Crippen LogP contribution in [0.5, 0.6) is 0 Å². The zero-order valence-electron chi connectivity index (χ0n) is 9.65. The van der Waals surface area contributed by atoms with Gasteiger partial charge in [-0.3, -0.25) is 0 Å². The van der Waals surface area contributed by atoms with Crippen LogP contribution < -0.4 is 0 Å². The molecule has 2 heterocycles. The van der Waals surface area contributed by atoms with Gasteiger partial charge in [0.1, 0.15) is 5.69 Å². The number of halogens is 3. The lowest BCUT2D eigenvalue weighted by Crippen LogP contribution is -2.10. The summed E-state index contributed by atoms with van der Waals surface area (Å²) in [6, 6.07) is 4.48. The van der Waals surface area contributed by atoms with E-state index in [0.29, 0.717) is 16.3 Å². The van der Waals surface area contributed by atoms with Gasteiger partial charge in [0.25, 0.3) is 0 Å². The summed E-state index contributed by atoms with van der Waals surface area (Å²) in [4.78, 5) is 8.37. The van der Waals surface area contributed by atoms with Gasteiger partial charge in [0.15, 0.2) is 5.16 Å². The molecular weight excluding hydrogens is 293 g/mol. The molecule has 0 fully saturated rings. The van der Waals surface area contributed by atoms with E-state index in [9.17, 15) is 13.2 Å². The van der Waals surface area contributed by atoms with Gasteiger partial charge in [-0.1, -0.05) is 23.9 Å². The van der Waals surface area contributed by atoms with Crippen molar-refractivity contribution in [3.05, 3.63) is 41.9 Å². The van der Waals surface area contributed by atoms with Crippen LogP contribution in [0, 0.1) is 0 Å². The van der Waals surface area contributed by atoms with E-state index in [1.54, 1.807) is 23.6 Å². The Morgan fingerprint density at radius 3 is 2.74 bits per heavy atom. The van der Waals surface area contributed by atoms with Crippen molar-refractivity contribution in [1.29, 1.82) is 0 Å². The predicted molar refractivity (Wildman–Crippen MR) is 71.3 cm³/mol. The molecule has 0 N–H and O–H groups in total. The molecule has 100 valence electrons. The Hall–Kier alpha value is -1.34. The summed E-state index contributed by atoms with van der Waals surface area (Å²) in [5.74, 6) is 0.463. The van der Waals surface area contributed by atoms with Crippen LogP contribution in [0.3, 0.4) is 0 Å². The largest absolute Gasteiger partial charge is 0.433 e. The molecule has 0 atom stereocenters. The Bertz CT molecular complexity index is 565. The predicted octanol–water partition coefficient (Wildman–Crippen LogP) is 4.50. The van der Waals surface area contributed by atoms with Crippen molar-refractivity contribution in [1.82, 2.24) is 9.97 Å². The molecular formula is C12H9F3N2S2. The molecule has 0 aliphatic heterocycles. The molecule has 2 aromatic rings. The highest BCUT2D eigenvalue weighted by Crippen LogP contribution is 2.33. The van der Waals surface area contributed by atoms with E-state index < -0.39 is 11.9 Å². The van der Waals surface area contributed by atoms with Crippen molar-refractivity contribution in [2.75, 3.05) is 5.75 Å².